The van der Waals surface area contributed by atoms with Crippen LogP contribution in [0.1, 0.15) is 33.6 Å². The fourth-order valence-corrected chi connectivity index (χ4v) is 2.44. The molecule has 21 heavy (non-hydrogen) atoms. The van der Waals surface area contributed by atoms with Crippen molar-refractivity contribution in [2.24, 2.45) is 5.41 Å². The summed E-state index contributed by atoms with van der Waals surface area (Å²) < 4.78 is 12.9. The van der Waals surface area contributed by atoms with Crippen molar-refractivity contribution in [2.45, 2.75) is 39.7 Å². The summed E-state index contributed by atoms with van der Waals surface area (Å²) >= 11 is 0. The number of hydrogen-bond acceptors (Lipinski definition) is 2. The summed E-state index contributed by atoms with van der Waals surface area (Å²) in [5, 5.41) is 2.90. The van der Waals surface area contributed by atoms with Crippen molar-refractivity contribution in [2.75, 3.05) is 11.4 Å². The van der Waals surface area contributed by atoms with E-state index < -0.39 is 0 Å². The Morgan fingerprint density at radius 2 is 1.95 bits per heavy atom. The highest BCUT2D eigenvalue weighted by molar-refractivity contribution is 5.96. The van der Waals surface area contributed by atoms with E-state index >= 15 is 0 Å². The molecule has 0 spiro atoms. The van der Waals surface area contributed by atoms with E-state index in [0.29, 0.717) is 18.7 Å². The second-order valence-electron chi connectivity index (χ2n) is 6.69. The third-order valence-corrected chi connectivity index (χ3v) is 3.32. The molecule has 5 heteroatoms. The Morgan fingerprint density at radius 3 is 2.52 bits per heavy atom. The third-order valence-electron chi connectivity index (χ3n) is 3.32. The molecule has 0 bridgehead atoms. The lowest BCUT2D eigenvalue weighted by Gasteiger charge is -2.20. The quantitative estimate of drug-likeness (QED) is 0.930. The van der Waals surface area contributed by atoms with E-state index in [9.17, 15) is 14.0 Å². The minimum atomic E-state index is -0.333. The summed E-state index contributed by atoms with van der Waals surface area (Å²) in [5.41, 5.74) is 0.581. The van der Waals surface area contributed by atoms with Crippen molar-refractivity contribution in [3.05, 3.63) is 30.1 Å². The highest BCUT2D eigenvalue weighted by Gasteiger charge is 2.32. The standard InChI is InChI=1S/C16H21FN2O2/c1-16(2,3)9-14(20)18-12-8-15(21)19(10-12)13-6-4-11(17)5-7-13/h4-7,12H,8-10H2,1-3H3,(H,18,20)/t12-/m0/s1. The van der Waals surface area contributed by atoms with Crippen LogP contribution in [0.4, 0.5) is 10.1 Å². The van der Waals surface area contributed by atoms with E-state index in [-0.39, 0.29) is 35.5 Å². The number of amides is 2. The molecule has 1 fully saturated rings. The summed E-state index contributed by atoms with van der Waals surface area (Å²) in [4.78, 5) is 25.5. The van der Waals surface area contributed by atoms with Crippen molar-refractivity contribution < 1.29 is 14.0 Å². The number of nitrogens with zero attached hydrogens (tertiary/aromatic N) is 1. The van der Waals surface area contributed by atoms with E-state index in [1.165, 1.54) is 12.1 Å². The van der Waals surface area contributed by atoms with Crippen LogP contribution in [0.5, 0.6) is 0 Å². The largest absolute Gasteiger partial charge is 0.351 e. The van der Waals surface area contributed by atoms with Gasteiger partial charge in [0, 0.05) is 25.1 Å². The van der Waals surface area contributed by atoms with Crippen molar-refractivity contribution in [1.82, 2.24) is 5.32 Å². The molecule has 1 aromatic carbocycles. The van der Waals surface area contributed by atoms with Gasteiger partial charge in [0.05, 0.1) is 6.04 Å². The van der Waals surface area contributed by atoms with Gasteiger partial charge in [-0.05, 0) is 29.7 Å². The number of anilines is 1. The summed E-state index contributed by atoms with van der Waals surface area (Å²) in [6, 6.07) is 5.62. The molecule has 1 aliphatic rings. The predicted molar refractivity (Wildman–Crippen MR) is 79.4 cm³/mol. The minimum Gasteiger partial charge on any atom is -0.351 e. The Labute approximate surface area is 124 Å². The Kier molecular flexibility index (Phi) is 4.30. The lowest BCUT2D eigenvalue weighted by Crippen LogP contribution is -2.38. The van der Waals surface area contributed by atoms with Crippen LogP contribution >= 0.6 is 0 Å². The molecule has 0 unspecified atom stereocenters. The van der Waals surface area contributed by atoms with Crippen LogP contribution in [-0.2, 0) is 9.59 Å². The molecule has 1 aliphatic heterocycles. The van der Waals surface area contributed by atoms with Crippen LogP contribution in [0.15, 0.2) is 24.3 Å². The van der Waals surface area contributed by atoms with Crippen LogP contribution in [0, 0.1) is 11.2 Å². The molecule has 0 radical (unpaired) electrons. The molecule has 1 aromatic rings. The van der Waals surface area contributed by atoms with Crippen LogP contribution in [0.2, 0.25) is 0 Å². The van der Waals surface area contributed by atoms with Gasteiger partial charge in [-0.2, -0.15) is 0 Å². The number of nitrogens with one attached hydrogen (secondary N) is 1. The van der Waals surface area contributed by atoms with E-state index in [4.69, 9.17) is 0 Å². The molecular formula is C16H21FN2O2. The smallest absolute Gasteiger partial charge is 0.229 e. The predicted octanol–water partition coefficient (Wildman–Crippen LogP) is 2.48. The number of benzene rings is 1. The van der Waals surface area contributed by atoms with Crippen LogP contribution < -0.4 is 10.2 Å². The molecule has 1 saturated heterocycles. The van der Waals surface area contributed by atoms with Gasteiger partial charge in [-0.25, -0.2) is 4.39 Å². The van der Waals surface area contributed by atoms with Gasteiger partial charge in [0.2, 0.25) is 11.8 Å². The topological polar surface area (TPSA) is 49.4 Å². The van der Waals surface area contributed by atoms with Gasteiger partial charge < -0.3 is 10.2 Å². The maximum Gasteiger partial charge on any atom is 0.229 e. The first-order valence-corrected chi connectivity index (χ1v) is 7.10. The van der Waals surface area contributed by atoms with Gasteiger partial charge in [-0.1, -0.05) is 20.8 Å². The van der Waals surface area contributed by atoms with E-state index in [1.807, 2.05) is 20.8 Å². The van der Waals surface area contributed by atoms with Gasteiger partial charge in [0.15, 0.2) is 0 Å². The first-order valence-electron chi connectivity index (χ1n) is 7.10. The molecule has 0 aliphatic carbocycles. The number of hydrogen-bond donors (Lipinski definition) is 1. The zero-order valence-electron chi connectivity index (χ0n) is 12.6. The molecule has 1 N–H and O–H groups in total. The molecule has 2 amide bonds. The molecule has 2 rings (SSSR count). The van der Waals surface area contributed by atoms with Crippen molar-refractivity contribution >= 4 is 17.5 Å². The second kappa shape index (κ2) is 5.84. The molecule has 1 heterocycles. The average molecular weight is 292 g/mol. The molecular weight excluding hydrogens is 271 g/mol. The number of carbonyl (C=O) groups is 2. The van der Waals surface area contributed by atoms with Gasteiger partial charge in [0.25, 0.3) is 0 Å². The van der Waals surface area contributed by atoms with Crippen LogP contribution in [0.3, 0.4) is 0 Å². The summed E-state index contributed by atoms with van der Waals surface area (Å²) in [6.45, 7) is 6.42. The van der Waals surface area contributed by atoms with Crippen LogP contribution in [0.25, 0.3) is 0 Å². The maximum atomic E-state index is 12.9. The fraction of sp³-hybridized carbons (Fsp3) is 0.500. The van der Waals surface area contributed by atoms with E-state index in [0.717, 1.165) is 0 Å². The van der Waals surface area contributed by atoms with Gasteiger partial charge in [-0.15, -0.1) is 0 Å². The molecule has 4 nitrogen and oxygen atoms in total. The first-order chi connectivity index (χ1) is 9.74. The highest BCUT2D eigenvalue weighted by atomic mass is 19.1. The lowest BCUT2D eigenvalue weighted by atomic mass is 9.92. The number of carbonyl (C=O) groups excluding carboxylic acids is 2. The van der Waals surface area contributed by atoms with E-state index in [2.05, 4.69) is 5.32 Å². The summed E-state index contributed by atoms with van der Waals surface area (Å²) in [5.74, 6) is -0.427. The van der Waals surface area contributed by atoms with Crippen molar-refractivity contribution in [1.29, 1.82) is 0 Å². The zero-order valence-corrected chi connectivity index (χ0v) is 12.6. The molecule has 0 saturated carbocycles. The first kappa shape index (κ1) is 15.5. The number of halogens is 1. The molecule has 1 atom stereocenters. The minimum absolute atomic E-state index is 0.0405. The van der Waals surface area contributed by atoms with Crippen molar-refractivity contribution in [3.63, 3.8) is 0 Å². The molecule has 0 aromatic heterocycles. The Bertz CT molecular complexity index is 534. The fourth-order valence-electron chi connectivity index (χ4n) is 2.44. The Morgan fingerprint density at radius 1 is 1.33 bits per heavy atom. The summed E-state index contributed by atoms with van der Waals surface area (Å²) in [6.07, 6.45) is 0.710. The van der Waals surface area contributed by atoms with Gasteiger partial charge >= 0.3 is 0 Å². The Balaban J connectivity index is 1.96. The van der Waals surface area contributed by atoms with Crippen molar-refractivity contribution in [3.8, 4) is 0 Å². The zero-order chi connectivity index (χ0) is 15.6. The maximum absolute atomic E-state index is 12.9. The highest BCUT2D eigenvalue weighted by Crippen LogP contribution is 2.23. The molecule has 114 valence electrons. The third kappa shape index (κ3) is 4.28. The van der Waals surface area contributed by atoms with Gasteiger partial charge in [-0.3, -0.25) is 9.59 Å². The monoisotopic (exact) mass is 292 g/mol. The second-order valence-corrected chi connectivity index (χ2v) is 6.69. The average Bonchev–Trinajstić information content (AvgIpc) is 2.68. The summed E-state index contributed by atoms with van der Waals surface area (Å²) in [7, 11) is 0. The SMILES string of the molecule is CC(C)(C)CC(=O)N[C@H]1CC(=O)N(c2ccc(F)cc2)C1. The lowest BCUT2D eigenvalue weighted by molar-refractivity contribution is -0.123. The number of rotatable bonds is 3. The van der Waals surface area contributed by atoms with Crippen LogP contribution in [-0.4, -0.2) is 24.4 Å². The Hall–Kier alpha value is -1.91. The normalized spacial score (nSPS) is 19.0. The van der Waals surface area contributed by atoms with E-state index in [1.54, 1.807) is 17.0 Å². The van der Waals surface area contributed by atoms with Gasteiger partial charge in [0.1, 0.15) is 5.82 Å².